The lowest BCUT2D eigenvalue weighted by Gasteiger charge is -2.12. The van der Waals surface area contributed by atoms with Crippen molar-refractivity contribution in [3.63, 3.8) is 0 Å². The maximum atomic E-state index is 13.0. The Balaban J connectivity index is 0.000000914. The number of carbonyl (C=O) groups excluding carboxylic acids is 1. The summed E-state index contributed by atoms with van der Waals surface area (Å²) in [6.07, 6.45) is 4.77. The summed E-state index contributed by atoms with van der Waals surface area (Å²) in [5.41, 5.74) is 7.33. The molecule has 0 atom stereocenters. The lowest BCUT2D eigenvalue weighted by molar-refractivity contribution is -0.137. The van der Waals surface area contributed by atoms with Crippen molar-refractivity contribution in [2.24, 2.45) is 4.99 Å². The minimum Gasteiger partial charge on any atom is -0.399 e. The van der Waals surface area contributed by atoms with Gasteiger partial charge in [-0.3, -0.25) is 9.79 Å². The van der Waals surface area contributed by atoms with Gasteiger partial charge in [-0.05, 0) is 29.8 Å². The van der Waals surface area contributed by atoms with Crippen LogP contribution in [0.4, 0.5) is 24.8 Å². The molecular weight excluding hydrogens is 433 g/mol. The third kappa shape index (κ3) is 5.55. The minimum atomic E-state index is -4.48. The smallest absolute Gasteiger partial charge is 0.399 e. The summed E-state index contributed by atoms with van der Waals surface area (Å²) in [5.74, 6) is 0.442. The Bertz CT molecular complexity index is 1120. The molecule has 3 N–H and O–H groups in total. The number of hydrogen-bond acceptors (Lipinski definition) is 5. The number of anilines is 2. The molecule has 10 heteroatoms. The number of amides is 1. The van der Waals surface area contributed by atoms with Gasteiger partial charge in [0.2, 0.25) is 11.9 Å². The fourth-order valence-electron chi connectivity index (χ4n) is 3.63. The Morgan fingerprint density at radius 1 is 1.30 bits per heavy atom. The molecule has 4 rings (SSSR count). The van der Waals surface area contributed by atoms with Gasteiger partial charge in [-0.15, -0.1) is 12.8 Å². The second kappa shape index (κ2) is 10.7. The Hall–Kier alpha value is -3.74. The summed E-state index contributed by atoms with van der Waals surface area (Å²) in [7, 11) is 0. The number of rotatable bonds is 3. The largest absolute Gasteiger partial charge is 0.416 e. The Kier molecular flexibility index (Phi) is 8.29. The fraction of sp³-hybridized carbons (Fsp3) is 0.348. The third-order valence-corrected chi connectivity index (χ3v) is 4.96. The fourth-order valence-corrected chi connectivity index (χ4v) is 3.63. The molecule has 176 valence electrons. The zero-order chi connectivity index (χ0) is 24.8. The van der Waals surface area contributed by atoms with Crippen LogP contribution in [0.15, 0.2) is 35.8 Å². The molecule has 0 radical (unpaired) electrons. The first-order valence-electron chi connectivity index (χ1n) is 10.3. The number of carbonyl (C=O) groups is 1. The van der Waals surface area contributed by atoms with Gasteiger partial charge in [-0.25, -0.2) is 0 Å². The molecule has 0 fully saturated rings. The van der Waals surface area contributed by atoms with E-state index in [0.29, 0.717) is 36.6 Å². The molecule has 0 saturated heterocycles. The van der Waals surface area contributed by atoms with Crippen LogP contribution in [0.25, 0.3) is 0 Å². The molecule has 0 aliphatic carbocycles. The van der Waals surface area contributed by atoms with Gasteiger partial charge in [-0.2, -0.15) is 18.2 Å². The number of hydrogen-bond donors (Lipinski definition) is 2. The van der Waals surface area contributed by atoms with Gasteiger partial charge >= 0.3 is 6.18 Å². The second-order valence-electron chi connectivity index (χ2n) is 6.94. The highest BCUT2D eigenvalue weighted by Crippen LogP contribution is 2.31. The summed E-state index contributed by atoms with van der Waals surface area (Å²) in [4.78, 5) is 22.7. The van der Waals surface area contributed by atoms with Gasteiger partial charge in [0.1, 0.15) is 0 Å². The summed E-state index contributed by atoms with van der Waals surface area (Å²) in [5, 5.41) is 3.16. The SMILES string of the molecule is C#C.C=CC(=O)N1Cc2c(n3c(nc2=NCc2cc(N)cc(C(F)(F)F)c2)NCC3)C1.CC. The summed E-state index contributed by atoms with van der Waals surface area (Å²) >= 11 is 0. The predicted octanol–water partition coefficient (Wildman–Crippen LogP) is 3.31. The molecule has 2 aromatic rings. The van der Waals surface area contributed by atoms with E-state index in [-0.39, 0.29) is 18.1 Å². The van der Waals surface area contributed by atoms with Crippen molar-refractivity contribution in [1.82, 2.24) is 14.5 Å². The van der Waals surface area contributed by atoms with Crippen LogP contribution >= 0.6 is 0 Å². The van der Waals surface area contributed by atoms with Crippen LogP contribution in [0.2, 0.25) is 0 Å². The molecule has 0 unspecified atom stereocenters. The first kappa shape index (κ1) is 25.5. The van der Waals surface area contributed by atoms with Crippen LogP contribution in [-0.2, 0) is 37.1 Å². The molecule has 1 amide bonds. The van der Waals surface area contributed by atoms with Crippen LogP contribution in [0, 0.1) is 12.8 Å². The number of aromatic nitrogens is 2. The third-order valence-electron chi connectivity index (χ3n) is 4.96. The number of nitrogens with one attached hydrogen (secondary N) is 1. The highest BCUT2D eigenvalue weighted by Gasteiger charge is 2.31. The molecule has 2 aliphatic heterocycles. The van der Waals surface area contributed by atoms with E-state index in [0.717, 1.165) is 29.9 Å². The molecule has 2 aliphatic rings. The van der Waals surface area contributed by atoms with Gasteiger partial charge in [0.15, 0.2) is 5.49 Å². The van der Waals surface area contributed by atoms with Crippen molar-refractivity contribution in [2.45, 2.75) is 46.2 Å². The van der Waals surface area contributed by atoms with Crippen molar-refractivity contribution in [3.8, 4) is 12.8 Å². The Morgan fingerprint density at radius 3 is 2.64 bits per heavy atom. The van der Waals surface area contributed by atoms with Gasteiger partial charge in [0, 0.05) is 30.0 Å². The monoisotopic (exact) mass is 460 g/mol. The number of nitrogens with zero attached hydrogens (tertiary/aromatic N) is 4. The topological polar surface area (TPSA) is 88.5 Å². The summed E-state index contributed by atoms with van der Waals surface area (Å²) in [6.45, 7) is 9.70. The average Bonchev–Trinajstić information content (AvgIpc) is 3.45. The highest BCUT2D eigenvalue weighted by atomic mass is 19.4. The molecular formula is C23H27F3N6O. The first-order chi connectivity index (χ1) is 15.8. The zero-order valence-electron chi connectivity index (χ0n) is 18.6. The van der Waals surface area contributed by atoms with E-state index < -0.39 is 11.7 Å². The van der Waals surface area contributed by atoms with E-state index >= 15 is 0 Å². The van der Waals surface area contributed by atoms with Crippen LogP contribution in [0.3, 0.4) is 0 Å². The number of nitrogens with two attached hydrogens (primary N) is 1. The molecule has 7 nitrogen and oxygen atoms in total. The van der Waals surface area contributed by atoms with Crippen LogP contribution in [0.1, 0.15) is 36.2 Å². The Morgan fingerprint density at radius 2 is 2.00 bits per heavy atom. The summed E-state index contributed by atoms with van der Waals surface area (Å²) < 4.78 is 41.1. The van der Waals surface area contributed by atoms with Crippen LogP contribution in [-0.4, -0.2) is 26.9 Å². The molecule has 0 bridgehead atoms. The molecule has 1 aromatic carbocycles. The zero-order valence-corrected chi connectivity index (χ0v) is 18.6. The van der Waals surface area contributed by atoms with Crippen molar-refractivity contribution in [3.05, 3.63) is 58.7 Å². The number of terminal acetylenes is 1. The number of fused-ring (bicyclic) bond motifs is 3. The van der Waals surface area contributed by atoms with Crippen LogP contribution in [0.5, 0.6) is 0 Å². The lowest BCUT2D eigenvalue weighted by Crippen LogP contribution is -2.24. The maximum absolute atomic E-state index is 13.0. The molecule has 0 saturated carbocycles. The molecule has 3 heterocycles. The van der Waals surface area contributed by atoms with E-state index in [1.807, 2.05) is 18.4 Å². The minimum absolute atomic E-state index is 0.00752. The van der Waals surface area contributed by atoms with Crippen molar-refractivity contribution >= 4 is 17.5 Å². The van der Waals surface area contributed by atoms with Crippen molar-refractivity contribution in [2.75, 3.05) is 17.6 Å². The van der Waals surface area contributed by atoms with Gasteiger partial charge in [-0.1, -0.05) is 20.4 Å². The quantitative estimate of drug-likeness (QED) is 0.418. The second-order valence-corrected chi connectivity index (χ2v) is 6.94. The average molecular weight is 461 g/mol. The van der Waals surface area contributed by atoms with E-state index in [4.69, 9.17) is 5.73 Å². The van der Waals surface area contributed by atoms with E-state index in [2.05, 4.69) is 34.7 Å². The predicted molar refractivity (Wildman–Crippen MR) is 122 cm³/mol. The molecule has 0 spiro atoms. The van der Waals surface area contributed by atoms with E-state index in [1.165, 1.54) is 12.1 Å². The van der Waals surface area contributed by atoms with Crippen molar-refractivity contribution in [1.29, 1.82) is 0 Å². The summed E-state index contributed by atoms with van der Waals surface area (Å²) in [6, 6.07) is 3.40. The standard InChI is InChI=1S/C19H19F3N6O.C2H6.C2H2/c1-2-16(29)27-9-14-15(10-27)28-4-3-24-18(28)26-17(14)25-8-11-5-12(19(20,21)22)7-13(23)6-11;2*1-2/h2,5-7H,1,3-4,8-10,23H2,(H,24,25,26);1-2H3;1-2H. The molecule has 1 aromatic heterocycles. The lowest BCUT2D eigenvalue weighted by atomic mass is 10.1. The number of halogens is 3. The van der Waals surface area contributed by atoms with E-state index in [1.54, 1.807) is 4.90 Å². The number of alkyl halides is 3. The first-order valence-corrected chi connectivity index (χ1v) is 10.3. The Labute approximate surface area is 190 Å². The van der Waals surface area contributed by atoms with Crippen LogP contribution < -0.4 is 16.5 Å². The number of nitrogen functional groups attached to an aromatic ring is 1. The van der Waals surface area contributed by atoms with Gasteiger partial charge < -0.3 is 20.5 Å². The highest BCUT2D eigenvalue weighted by molar-refractivity contribution is 5.87. The van der Waals surface area contributed by atoms with Gasteiger partial charge in [0.25, 0.3) is 0 Å². The molecule has 33 heavy (non-hydrogen) atoms. The maximum Gasteiger partial charge on any atom is 0.416 e. The normalized spacial score (nSPS) is 14.2. The number of benzene rings is 1. The van der Waals surface area contributed by atoms with Gasteiger partial charge in [0.05, 0.1) is 25.2 Å². The van der Waals surface area contributed by atoms with Crippen molar-refractivity contribution < 1.29 is 18.0 Å². The van der Waals surface area contributed by atoms with E-state index in [9.17, 15) is 18.0 Å².